The van der Waals surface area contributed by atoms with Crippen LogP contribution in [0.1, 0.15) is 16.7 Å². The van der Waals surface area contributed by atoms with E-state index >= 15 is 0 Å². The number of anilines is 2. The molecule has 2 N–H and O–H groups in total. The van der Waals surface area contributed by atoms with Crippen LogP contribution in [0.2, 0.25) is 0 Å². The molecule has 0 saturated carbocycles. The van der Waals surface area contributed by atoms with Crippen molar-refractivity contribution < 1.29 is 14.3 Å². The average Bonchev–Trinajstić information content (AvgIpc) is 3.11. The summed E-state index contributed by atoms with van der Waals surface area (Å²) in [6.07, 6.45) is 3.45. The first-order chi connectivity index (χ1) is 13.9. The molecule has 0 atom stereocenters. The fourth-order valence-electron chi connectivity index (χ4n) is 2.91. The zero-order valence-electron chi connectivity index (χ0n) is 16.7. The molecule has 0 aliphatic rings. The van der Waals surface area contributed by atoms with Gasteiger partial charge in [0, 0.05) is 11.9 Å². The zero-order chi connectivity index (χ0) is 20.8. The molecular formula is C22H24N4O3. The summed E-state index contributed by atoms with van der Waals surface area (Å²) in [6.45, 7) is 4.03. The van der Waals surface area contributed by atoms with Gasteiger partial charge in [0.2, 0.25) is 11.8 Å². The van der Waals surface area contributed by atoms with E-state index < -0.39 is 0 Å². The molecule has 3 rings (SSSR count). The molecule has 0 fully saturated rings. The van der Waals surface area contributed by atoms with Gasteiger partial charge in [0.05, 0.1) is 25.4 Å². The van der Waals surface area contributed by atoms with E-state index in [4.69, 9.17) is 4.74 Å². The molecule has 1 heterocycles. The Kier molecular flexibility index (Phi) is 6.29. The van der Waals surface area contributed by atoms with Crippen molar-refractivity contribution >= 4 is 23.2 Å². The van der Waals surface area contributed by atoms with Gasteiger partial charge in [-0.05, 0) is 49.2 Å². The molecule has 0 unspecified atom stereocenters. The first-order valence-electron chi connectivity index (χ1n) is 9.25. The summed E-state index contributed by atoms with van der Waals surface area (Å²) in [5.41, 5.74) is 4.42. The minimum absolute atomic E-state index is 0.0406. The number of ether oxygens (including phenoxy) is 1. The van der Waals surface area contributed by atoms with Crippen LogP contribution in [-0.2, 0) is 22.6 Å². The summed E-state index contributed by atoms with van der Waals surface area (Å²) >= 11 is 0. The van der Waals surface area contributed by atoms with Crippen LogP contribution in [-0.4, -0.2) is 28.7 Å². The van der Waals surface area contributed by atoms with Crippen LogP contribution in [0.25, 0.3) is 0 Å². The third-order valence-electron chi connectivity index (χ3n) is 4.45. The van der Waals surface area contributed by atoms with Crippen LogP contribution >= 0.6 is 0 Å². The van der Waals surface area contributed by atoms with Crippen LogP contribution in [0, 0.1) is 13.8 Å². The topological polar surface area (TPSA) is 85.2 Å². The van der Waals surface area contributed by atoms with E-state index in [-0.39, 0.29) is 24.8 Å². The number of benzene rings is 2. The van der Waals surface area contributed by atoms with Gasteiger partial charge in [0.25, 0.3) is 0 Å². The van der Waals surface area contributed by atoms with Crippen molar-refractivity contribution in [1.82, 2.24) is 9.78 Å². The summed E-state index contributed by atoms with van der Waals surface area (Å²) in [5.74, 6) is 0.378. The number of nitrogens with zero attached hydrogens (tertiary/aromatic N) is 2. The predicted molar refractivity (Wildman–Crippen MR) is 112 cm³/mol. The standard InChI is InChI=1S/C22H24N4O3/c1-15-4-5-16(2)17(10-15)11-21(27)25-19-12-23-26(13-19)14-22(28)24-18-6-8-20(29-3)9-7-18/h4-10,12-13H,11,14H2,1-3H3,(H,24,28)(H,25,27). The maximum atomic E-state index is 12.3. The molecule has 1 aromatic heterocycles. The second kappa shape index (κ2) is 9.05. The second-order valence-electron chi connectivity index (χ2n) is 6.86. The van der Waals surface area contributed by atoms with E-state index in [1.807, 2.05) is 32.0 Å². The van der Waals surface area contributed by atoms with Crippen molar-refractivity contribution in [3.05, 3.63) is 71.5 Å². The Morgan fingerprint density at radius 3 is 2.45 bits per heavy atom. The minimum Gasteiger partial charge on any atom is -0.497 e. The van der Waals surface area contributed by atoms with Crippen LogP contribution in [0.4, 0.5) is 11.4 Å². The molecule has 0 radical (unpaired) electrons. The van der Waals surface area contributed by atoms with Gasteiger partial charge in [-0.25, -0.2) is 0 Å². The molecule has 0 saturated heterocycles. The summed E-state index contributed by atoms with van der Waals surface area (Å²) < 4.78 is 6.57. The van der Waals surface area contributed by atoms with Gasteiger partial charge in [-0.15, -0.1) is 0 Å². The van der Waals surface area contributed by atoms with E-state index in [1.54, 1.807) is 37.6 Å². The lowest BCUT2D eigenvalue weighted by atomic mass is 10.0. The third-order valence-corrected chi connectivity index (χ3v) is 4.45. The number of carbonyl (C=O) groups excluding carboxylic acids is 2. The summed E-state index contributed by atoms with van der Waals surface area (Å²) in [6, 6.07) is 13.1. The molecule has 0 spiro atoms. The second-order valence-corrected chi connectivity index (χ2v) is 6.86. The molecule has 0 bridgehead atoms. The number of carbonyl (C=O) groups is 2. The molecule has 7 heteroatoms. The van der Waals surface area contributed by atoms with E-state index in [2.05, 4.69) is 15.7 Å². The van der Waals surface area contributed by atoms with Crippen LogP contribution in [0.3, 0.4) is 0 Å². The maximum Gasteiger partial charge on any atom is 0.246 e. The van der Waals surface area contributed by atoms with Crippen LogP contribution in [0.15, 0.2) is 54.9 Å². The maximum absolute atomic E-state index is 12.3. The SMILES string of the molecule is COc1ccc(NC(=O)Cn2cc(NC(=O)Cc3cc(C)ccc3C)cn2)cc1. The Bertz CT molecular complexity index is 1010. The van der Waals surface area contributed by atoms with Crippen LogP contribution < -0.4 is 15.4 Å². The molecule has 2 amide bonds. The highest BCUT2D eigenvalue weighted by atomic mass is 16.5. The van der Waals surface area contributed by atoms with Crippen molar-refractivity contribution in [2.45, 2.75) is 26.8 Å². The number of nitrogens with one attached hydrogen (secondary N) is 2. The molecule has 0 aliphatic heterocycles. The van der Waals surface area contributed by atoms with Crippen molar-refractivity contribution in [1.29, 1.82) is 0 Å². The molecular weight excluding hydrogens is 368 g/mol. The largest absolute Gasteiger partial charge is 0.497 e. The lowest BCUT2D eigenvalue weighted by molar-refractivity contribution is -0.117. The Labute approximate surface area is 169 Å². The monoisotopic (exact) mass is 392 g/mol. The number of aromatic nitrogens is 2. The Hall–Kier alpha value is -3.61. The van der Waals surface area contributed by atoms with E-state index in [0.29, 0.717) is 11.4 Å². The molecule has 2 aromatic carbocycles. The lowest BCUT2D eigenvalue weighted by Gasteiger charge is -2.07. The highest BCUT2D eigenvalue weighted by Gasteiger charge is 2.10. The fraction of sp³-hybridized carbons (Fsp3) is 0.227. The average molecular weight is 392 g/mol. The highest BCUT2D eigenvalue weighted by Crippen LogP contribution is 2.15. The number of methoxy groups -OCH3 is 1. The van der Waals surface area contributed by atoms with Gasteiger partial charge in [0.1, 0.15) is 12.3 Å². The summed E-state index contributed by atoms with van der Waals surface area (Å²) in [7, 11) is 1.59. The molecule has 3 aromatic rings. The van der Waals surface area contributed by atoms with E-state index in [9.17, 15) is 9.59 Å². The van der Waals surface area contributed by atoms with Gasteiger partial charge in [-0.1, -0.05) is 23.8 Å². The van der Waals surface area contributed by atoms with Crippen LogP contribution in [0.5, 0.6) is 5.75 Å². The number of amides is 2. The number of rotatable bonds is 7. The Morgan fingerprint density at radius 2 is 1.72 bits per heavy atom. The third kappa shape index (κ3) is 5.68. The van der Waals surface area contributed by atoms with Crippen molar-refractivity contribution in [3.8, 4) is 5.75 Å². The molecule has 7 nitrogen and oxygen atoms in total. The van der Waals surface area contributed by atoms with E-state index in [0.717, 1.165) is 22.4 Å². The van der Waals surface area contributed by atoms with Crippen molar-refractivity contribution in [3.63, 3.8) is 0 Å². The fourth-order valence-corrected chi connectivity index (χ4v) is 2.91. The molecule has 150 valence electrons. The van der Waals surface area contributed by atoms with Gasteiger partial charge in [-0.2, -0.15) is 5.10 Å². The number of aryl methyl sites for hydroxylation is 2. The van der Waals surface area contributed by atoms with Crippen molar-refractivity contribution in [2.24, 2.45) is 0 Å². The summed E-state index contributed by atoms with van der Waals surface area (Å²) in [5, 5.41) is 9.76. The van der Waals surface area contributed by atoms with Gasteiger partial charge in [-0.3, -0.25) is 14.3 Å². The molecule has 0 aliphatic carbocycles. The van der Waals surface area contributed by atoms with E-state index in [1.165, 1.54) is 10.9 Å². The van der Waals surface area contributed by atoms with Gasteiger partial charge in [0.15, 0.2) is 0 Å². The highest BCUT2D eigenvalue weighted by molar-refractivity contribution is 5.92. The Balaban J connectivity index is 1.53. The number of hydrogen-bond acceptors (Lipinski definition) is 4. The number of hydrogen-bond donors (Lipinski definition) is 2. The quantitative estimate of drug-likeness (QED) is 0.646. The molecule has 29 heavy (non-hydrogen) atoms. The van der Waals surface area contributed by atoms with Gasteiger partial charge < -0.3 is 15.4 Å². The minimum atomic E-state index is -0.216. The summed E-state index contributed by atoms with van der Waals surface area (Å²) in [4.78, 5) is 24.5. The first kappa shape index (κ1) is 20.1. The zero-order valence-corrected chi connectivity index (χ0v) is 16.7. The smallest absolute Gasteiger partial charge is 0.246 e. The lowest BCUT2D eigenvalue weighted by Crippen LogP contribution is -2.19. The van der Waals surface area contributed by atoms with Gasteiger partial charge >= 0.3 is 0 Å². The Morgan fingerprint density at radius 1 is 1.00 bits per heavy atom. The van der Waals surface area contributed by atoms with Crippen molar-refractivity contribution in [2.75, 3.05) is 17.7 Å². The first-order valence-corrected chi connectivity index (χ1v) is 9.25. The normalized spacial score (nSPS) is 10.4. The predicted octanol–water partition coefficient (Wildman–Crippen LogP) is 3.33.